The summed E-state index contributed by atoms with van der Waals surface area (Å²) in [6, 6.07) is 5.55. The molecule has 2 aromatic rings. The summed E-state index contributed by atoms with van der Waals surface area (Å²) in [5, 5.41) is 7.02. The van der Waals surface area contributed by atoms with Crippen molar-refractivity contribution < 1.29 is 4.79 Å². The van der Waals surface area contributed by atoms with E-state index >= 15 is 0 Å². The van der Waals surface area contributed by atoms with Crippen LogP contribution in [0.1, 0.15) is 17.4 Å². The number of thiophene rings is 1. The molecule has 0 spiro atoms. The van der Waals surface area contributed by atoms with Crippen molar-refractivity contribution in [2.45, 2.75) is 13.5 Å². The van der Waals surface area contributed by atoms with Gasteiger partial charge in [-0.25, -0.2) is 0 Å². The molecule has 1 N–H and O–H groups in total. The van der Waals surface area contributed by atoms with E-state index < -0.39 is 0 Å². The summed E-state index contributed by atoms with van der Waals surface area (Å²) < 4.78 is 2.52. The molecule has 0 aliphatic heterocycles. The summed E-state index contributed by atoms with van der Waals surface area (Å²) >= 11 is 7.41. The molecule has 0 fully saturated rings. The molecule has 6 heteroatoms. The lowest BCUT2D eigenvalue weighted by atomic mass is 10.3. The number of halogens is 1. The van der Waals surface area contributed by atoms with Gasteiger partial charge >= 0.3 is 0 Å². The van der Waals surface area contributed by atoms with Gasteiger partial charge in [-0.3, -0.25) is 9.48 Å². The number of nitrogens with one attached hydrogen (secondary N) is 1. The molecule has 0 atom stereocenters. The summed E-state index contributed by atoms with van der Waals surface area (Å²) in [7, 11) is 0. The van der Waals surface area contributed by atoms with Crippen molar-refractivity contribution in [2.75, 3.05) is 6.54 Å². The van der Waals surface area contributed by atoms with Crippen LogP contribution in [-0.4, -0.2) is 22.2 Å². The smallest absolute Gasteiger partial charge is 0.272 e. The minimum atomic E-state index is -0.198. The molecule has 0 radical (unpaired) electrons. The second-order valence-electron chi connectivity index (χ2n) is 3.83. The molecule has 2 aromatic heterocycles. The van der Waals surface area contributed by atoms with Gasteiger partial charge < -0.3 is 5.32 Å². The summed E-state index contributed by atoms with van der Waals surface area (Å²) in [4.78, 5) is 12.9. The van der Waals surface area contributed by atoms with Crippen LogP contribution < -0.4 is 5.32 Å². The molecule has 4 nitrogen and oxygen atoms in total. The molecular weight excluding hydrogens is 282 g/mol. The summed E-state index contributed by atoms with van der Waals surface area (Å²) in [5.41, 5.74) is 1.31. The Kier molecular flexibility index (Phi) is 4.39. The standard InChI is InChI=1S/C13H14ClN3OS/c1-3-7-15-13(18)9-8-10(17(4-2)16-9)11-5-6-12(14)19-11/h3,5-6,8H,1,4,7H2,2H3,(H,15,18). The van der Waals surface area contributed by atoms with Crippen molar-refractivity contribution in [3.8, 4) is 10.6 Å². The Morgan fingerprint density at radius 2 is 2.42 bits per heavy atom. The van der Waals surface area contributed by atoms with Crippen molar-refractivity contribution in [1.29, 1.82) is 0 Å². The van der Waals surface area contributed by atoms with Gasteiger partial charge in [0.05, 0.1) is 14.9 Å². The molecule has 2 heterocycles. The van der Waals surface area contributed by atoms with Crippen LogP contribution in [0.4, 0.5) is 0 Å². The molecule has 0 bridgehead atoms. The van der Waals surface area contributed by atoms with Crippen LogP contribution in [-0.2, 0) is 6.54 Å². The third-order valence-electron chi connectivity index (χ3n) is 2.54. The van der Waals surface area contributed by atoms with E-state index in [9.17, 15) is 4.79 Å². The van der Waals surface area contributed by atoms with Crippen molar-refractivity contribution in [1.82, 2.24) is 15.1 Å². The fourth-order valence-electron chi connectivity index (χ4n) is 1.67. The maximum absolute atomic E-state index is 11.9. The van der Waals surface area contributed by atoms with Crippen LogP contribution in [0, 0.1) is 0 Å². The molecule has 19 heavy (non-hydrogen) atoms. The molecule has 0 aliphatic rings. The predicted octanol–water partition coefficient (Wildman–Crippen LogP) is 3.20. The van der Waals surface area contributed by atoms with E-state index in [2.05, 4.69) is 17.0 Å². The number of carbonyl (C=O) groups is 1. The summed E-state index contributed by atoms with van der Waals surface area (Å²) in [5.74, 6) is -0.198. The van der Waals surface area contributed by atoms with Crippen LogP contribution in [0.5, 0.6) is 0 Å². The zero-order chi connectivity index (χ0) is 13.8. The molecule has 0 unspecified atom stereocenters. The van der Waals surface area contributed by atoms with Crippen molar-refractivity contribution in [3.05, 3.63) is 40.9 Å². The molecule has 100 valence electrons. The van der Waals surface area contributed by atoms with Crippen LogP contribution in [0.25, 0.3) is 10.6 Å². The number of carbonyl (C=O) groups excluding carboxylic acids is 1. The van der Waals surface area contributed by atoms with Crippen molar-refractivity contribution in [3.63, 3.8) is 0 Å². The third kappa shape index (κ3) is 3.05. The maximum atomic E-state index is 11.9. The average molecular weight is 296 g/mol. The highest BCUT2D eigenvalue weighted by atomic mass is 35.5. The van der Waals surface area contributed by atoms with Gasteiger partial charge in [-0.2, -0.15) is 5.10 Å². The van der Waals surface area contributed by atoms with Gasteiger partial charge in [0.25, 0.3) is 5.91 Å². The number of hydrogen-bond donors (Lipinski definition) is 1. The van der Waals surface area contributed by atoms with Gasteiger partial charge in [-0.15, -0.1) is 17.9 Å². The monoisotopic (exact) mass is 295 g/mol. The number of amides is 1. The van der Waals surface area contributed by atoms with Crippen molar-refractivity contribution >= 4 is 28.8 Å². The molecule has 0 saturated carbocycles. The van der Waals surface area contributed by atoms with Crippen molar-refractivity contribution in [2.24, 2.45) is 0 Å². The summed E-state index contributed by atoms with van der Waals surface area (Å²) in [6.45, 7) is 6.67. The second-order valence-corrected chi connectivity index (χ2v) is 5.55. The minimum Gasteiger partial charge on any atom is -0.347 e. The maximum Gasteiger partial charge on any atom is 0.272 e. The number of aryl methyl sites for hydroxylation is 1. The first-order chi connectivity index (χ1) is 9.15. The SMILES string of the molecule is C=CCNC(=O)c1cc(-c2ccc(Cl)s2)n(CC)n1. The number of aromatic nitrogens is 2. The Morgan fingerprint density at radius 3 is 3.00 bits per heavy atom. The molecule has 0 aromatic carbocycles. The highest BCUT2D eigenvalue weighted by Gasteiger charge is 2.15. The van der Waals surface area contributed by atoms with Gasteiger partial charge in [0, 0.05) is 13.1 Å². The van der Waals surface area contributed by atoms with E-state index in [-0.39, 0.29) is 5.91 Å². The molecule has 1 amide bonds. The fourth-order valence-corrected chi connectivity index (χ4v) is 2.74. The quantitative estimate of drug-likeness (QED) is 0.861. The Labute approximate surface area is 120 Å². The van der Waals surface area contributed by atoms with E-state index in [1.807, 2.05) is 19.1 Å². The highest BCUT2D eigenvalue weighted by molar-refractivity contribution is 7.19. The zero-order valence-electron chi connectivity index (χ0n) is 10.5. The minimum absolute atomic E-state index is 0.198. The topological polar surface area (TPSA) is 46.9 Å². The second kappa shape index (κ2) is 6.04. The van der Waals surface area contributed by atoms with E-state index in [4.69, 9.17) is 11.6 Å². The lowest BCUT2D eigenvalue weighted by Crippen LogP contribution is -2.23. The Morgan fingerprint density at radius 1 is 1.63 bits per heavy atom. The van der Waals surface area contributed by atoms with E-state index in [0.29, 0.717) is 18.8 Å². The Bertz CT molecular complexity index is 603. The van der Waals surface area contributed by atoms with Gasteiger partial charge in [0.2, 0.25) is 0 Å². The largest absolute Gasteiger partial charge is 0.347 e. The van der Waals surface area contributed by atoms with E-state index in [1.165, 1.54) is 11.3 Å². The number of hydrogen-bond acceptors (Lipinski definition) is 3. The van der Waals surface area contributed by atoms with Crippen LogP contribution in [0.3, 0.4) is 0 Å². The first-order valence-corrected chi connectivity index (χ1v) is 7.07. The normalized spacial score (nSPS) is 10.4. The molecule has 0 aliphatic carbocycles. The van der Waals surface area contributed by atoms with Crippen LogP contribution in [0.15, 0.2) is 30.9 Å². The first kappa shape index (κ1) is 13.8. The van der Waals surface area contributed by atoms with Gasteiger partial charge in [-0.1, -0.05) is 17.7 Å². The first-order valence-electron chi connectivity index (χ1n) is 5.88. The van der Waals surface area contributed by atoms with Gasteiger partial charge in [0.1, 0.15) is 0 Å². The molecule has 2 rings (SSSR count). The van der Waals surface area contributed by atoms with E-state index in [0.717, 1.165) is 14.9 Å². The highest BCUT2D eigenvalue weighted by Crippen LogP contribution is 2.31. The van der Waals surface area contributed by atoms with Gasteiger partial charge in [0.15, 0.2) is 5.69 Å². The van der Waals surface area contributed by atoms with Crippen LogP contribution >= 0.6 is 22.9 Å². The summed E-state index contributed by atoms with van der Waals surface area (Å²) in [6.07, 6.45) is 1.63. The zero-order valence-corrected chi connectivity index (χ0v) is 12.1. The lowest BCUT2D eigenvalue weighted by Gasteiger charge is -2.00. The predicted molar refractivity (Wildman–Crippen MR) is 78.8 cm³/mol. The number of rotatable bonds is 5. The fraction of sp³-hybridized carbons (Fsp3) is 0.231. The third-order valence-corrected chi connectivity index (χ3v) is 3.80. The Balaban J connectivity index is 2.32. The Hall–Kier alpha value is -1.59. The van der Waals surface area contributed by atoms with Gasteiger partial charge in [-0.05, 0) is 25.1 Å². The van der Waals surface area contributed by atoms with Crippen LogP contribution in [0.2, 0.25) is 4.34 Å². The molecule has 0 saturated heterocycles. The number of nitrogens with zero attached hydrogens (tertiary/aromatic N) is 2. The lowest BCUT2D eigenvalue weighted by molar-refractivity contribution is 0.0952. The van der Waals surface area contributed by atoms with E-state index in [1.54, 1.807) is 16.8 Å². The average Bonchev–Trinajstić information content (AvgIpc) is 3.01. The molecular formula is C13H14ClN3OS.